The molecule has 0 radical (unpaired) electrons. The summed E-state index contributed by atoms with van der Waals surface area (Å²) in [5, 5.41) is 15.7. The number of benzene rings is 2. The first-order chi connectivity index (χ1) is 13.6. The van der Waals surface area contributed by atoms with Crippen molar-refractivity contribution < 1.29 is 33.5 Å². The Hall–Kier alpha value is -2.71. The number of furan rings is 1. The maximum Gasteiger partial charge on any atom is 0.339 e. The fourth-order valence-corrected chi connectivity index (χ4v) is 3.45. The molecule has 0 fully saturated rings. The Morgan fingerprint density at radius 1 is 1.10 bits per heavy atom. The van der Waals surface area contributed by atoms with Crippen molar-refractivity contribution in [3.05, 3.63) is 48.0 Å². The zero-order valence-corrected chi connectivity index (χ0v) is 16.4. The number of para-hydroxylation sites is 1. The van der Waals surface area contributed by atoms with Gasteiger partial charge in [-0.05, 0) is 31.0 Å². The van der Waals surface area contributed by atoms with Crippen molar-refractivity contribution in [2.24, 2.45) is 0 Å². The van der Waals surface area contributed by atoms with Gasteiger partial charge in [-0.25, -0.2) is 0 Å². The van der Waals surface area contributed by atoms with Gasteiger partial charge in [-0.1, -0.05) is 30.3 Å². The number of hydrogen-bond donors (Lipinski definition) is 5. The third-order valence-electron chi connectivity index (χ3n) is 4.47. The standard InChI is InChI=1S/C19H21N2O7P/c1-11(19(23)24)21-18(22)15(20-10-29(25,26)27)8-12-6-7-14-13-4-2-3-5-16(13)28-17(14)9-12/h2-7,9,11,15,20H,8,10H2,1H3,(H,21,22)(H,23,24)(H2,25,26,27)/t11?,15-/m0/s1. The summed E-state index contributed by atoms with van der Waals surface area (Å²) in [7, 11) is -4.40. The summed E-state index contributed by atoms with van der Waals surface area (Å²) in [5.74, 6) is -1.88. The molecule has 9 nitrogen and oxygen atoms in total. The van der Waals surface area contributed by atoms with Crippen molar-refractivity contribution in [2.45, 2.75) is 25.4 Å². The number of hydrogen-bond acceptors (Lipinski definition) is 5. The predicted molar refractivity (Wildman–Crippen MR) is 106 cm³/mol. The van der Waals surface area contributed by atoms with Gasteiger partial charge >= 0.3 is 13.6 Å². The van der Waals surface area contributed by atoms with Gasteiger partial charge in [0.05, 0.1) is 12.3 Å². The number of aliphatic carboxylic acids is 1. The highest BCUT2D eigenvalue weighted by Crippen LogP contribution is 2.32. The topological polar surface area (TPSA) is 149 Å². The minimum Gasteiger partial charge on any atom is -0.480 e. The minimum absolute atomic E-state index is 0.0885. The average molecular weight is 420 g/mol. The van der Waals surface area contributed by atoms with Crippen LogP contribution in [-0.4, -0.2) is 45.1 Å². The van der Waals surface area contributed by atoms with Gasteiger partial charge in [0.2, 0.25) is 5.91 Å². The number of carbonyl (C=O) groups excluding carboxylic acids is 1. The zero-order valence-electron chi connectivity index (χ0n) is 15.5. The Labute approximate surface area is 165 Å². The quantitative estimate of drug-likeness (QED) is 0.347. The molecule has 1 amide bonds. The molecule has 0 spiro atoms. The summed E-state index contributed by atoms with van der Waals surface area (Å²) < 4.78 is 17.0. The molecule has 0 aliphatic carbocycles. The third kappa shape index (κ3) is 5.21. The van der Waals surface area contributed by atoms with Gasteiger partial charge in [0, 0.05) is 10.8 Å². The first-order valence-electron chi connectivity index (χ1n) is 8.85. The highest BCUT2D eigenvalue weighted by Gasteiger charge is 2.25. The number of carboxylic acid groups (broad SMARTS) is 1. The second kappa shape index (κ2) is 8.34. The molecule has 2 atom stereocenters. The number of amides is 1. The molecule has 3 rings (SSSR count). The second-order valence-corrected chi connectivity index (χ2v) is 8.43. The minimum atomic E-state index is -4.40. The van der Waals surface area contributed by atoms with E-state index < -0.39 is 37.8 Å². The monoisotopic (exact) mass is 420 g/mol. The molecule has 0 aliphatic heterocycles. The van der Waals surface area contributed by atoms with Gasteiger partial charge in [0.15, 0.2) is 0 Å². The lowest BCUT2D eigenvalue weighted by molar-refractivity contribution is -0.141. The van der Waals surface area contributed by atoms with E-state index in [1.54, 1.807) is 12.1 Å². The van der Waals surface area contributed by atoms with Crippen LogP contribution in [0.15, 0.2) is 46.9 Å². The molecule has 2 aromatic carbocycles. The molecule has 0 bridgehead atoms. The van der Waals surface area contributed by atoms with Crippen molar-refractivity contribution in [3.8, 4) is 0 Å². The lowest BCUT2D eigenvalue weighted by Gasteiger charge is -2.20. The van der Waals surface area contributed by atoms with Crippen molar-refractivity contribution in [1.29, 1.82) is 0 Å². The van der Waals surface area contributed by atoms with E-state index in [0.29, 0.717) is 11.1 Å². The predicted octanol–water partition coefficient (Wildman–Crippen LogP) is 1.81. The van der Waals surface area contributed by atoms with Gasteiger partial charge in [-0.2, -0.15) is 0 Å². The summed E-state index contributed by atoms with van der Waals surface area (Å²) in [6.07, 6.45) is -0.620. The molecule has 0 saturated heterocycles. The maximum absolute atomic E-state index is 12.5. The van der Waals surface area contributed by atoms with Gasteiger partial charge < -0.3 is 24.6 Å². The van der Waals surface area contributed by atoms with Crippen LogP contribution in [0.5, 0.6) is 0 Å². The summed E-state index contributed by atoms with van der Waals surface area (Å²) >= 11 is 0. The van der Waals surface area contributed by atoms with E-state index in [1.165, 1.54) is 6.92 Å². The molecule has 1 unspecified atom stereocenters. The lowest BCUT2D eigenvalue weighted by Crippen LogP contribution is -2.50. The molecule has 1 aromatic heterocycles. The van der Waals surface area contributed by atoms with Crippen LogP contribution in [0.3, 0.4) is 0 Å². The summed E-state index contributed by atoms with van der Waals surface area (Å²) in [5.41, 5.74) is 2.04. The van der Waals surface area contributed by atoms with Crippen LogP contribution in [0.1, 0.15) is 12.5 Å². The first kappa shape index (κ1) is 21.0. The molecule has 5 N–H and O–H groups in total. The second-order valence-electron chi connectivity index (χ2n) is 6.78. The van der Waals surface area contributed by atoms with Crippen LogP contribution < -0.4 is 10.6 Å². The molecule has 154 valence electrons. The van der Waals surface area contributed by atoms with Crippen LogP contribution in [0, 0.1) is 0 Å². The molecular formula is C19H21N2O7P. The van der Waals surface area contributed by atoms with Crippen LogP contribution in [-0.2, 0) is 20.6 Å². The van der Waals surface area contributed by atoms with Crippen molar-refractivity contribution in [2.75, 3.05) is 6.29 Å². The fraction of sp³-hybridized carbons (Fsp3) is 0.263. The van der Waals surface area contributed by atoms with Crippen LogP contribution in [0.25, 0.3) is 21.9 Å². The maximum atomic E-state index is 12.5. The molecule has 29 heavy (non-hydrogen) atoms. The number of carboxylic acids is 1. The van der Waals surface area contributed by atoms with Crippen molar-refractivity contribution in [1.82, 2.24) is 10.6 Å². The molecule has 0 aliphatic rings. The Kier molecular flexibility index (Phi) is 6.04. The van der Waals surface area contributed by atoms with E-state index >= 15 is 0 Å². The summed E-state index contributed by atoms with van der Waals surface area (Å²) in [4.78, 5) is 41.7. The lowest BCUT2D eigenvalue weighted by atomic mass is 10.0. The Morgan fingerprint density at radius 3 is 2.48 bits per heavy atom. The van der Waals surface area contributed by atoms with Gasteiger partial charge in [-0.3, -0.25) is 19.5 Å². The Balaban J connectivity index is 1.85. The third-order valence-corrected chi connectivity index (χ3v) is 5.07. The first-order valence-corrected chi connectivity index (χ1v) is 10.6. The number of fused-ring (bicyclic) bond motifs is 3. The largest absolute Gasteiger partial charge is 0.480 e. The SMILES string of the molecule is CC(NC(=O)[C@H](Cc1ccc2c(c1)oc1ccccc12)NCP(=O)(O)O)C(=O)O. The van der Waals surface area contributed by atoms with Gasteiger partial charge in [0.25, 0.3) is 0 Å². The van der Waals surface area contributed by atoms with E-state index in [0.717, 1.165) is 16.4 Å². The smallest absolute Gasteiger partial charge is 0.339 e. The molecule has 10 heteroatoms. The van der Waals surface area contributed by atoms with E-state index in [2.05, 4.69) is 10.6 Å². The summed E-state index contributed by atoms with van der Waals surface area (Å²) in [6, 6.07) is 10.8. The van der Waals surface area contributed by atoms with Crippen LogP contribution >= 0.6 is 7.60 Å². The number of nitrogens with one attached hydrogen (secondary N) is 2. The van der Waals surface area contributed by atoms with Crippen molar-refractivity contribution >= 4 is 41.4 Å². The summed E-state index contributed by atoms with van der Waals surface area (Å²) in [6.45, 7) is 1.31. The van der Waals surface area contributed by atoms with E-state index in [-0.39, 0.29) is 6.42 Å². The van der Waals surface area contributed by atoms with Gasteiger partial charge in [0.1, 0.15) is 17.2 Å². The Bertz CT molecular complexity index is 1100. The number of rotatable bonds is 8. The normalized spacial score (nSPS) is 14.0. The zero-order chi connectivity index (χ0) is 21.2. The Morgan fingerprint density at radius 2 is 1.79 bits per heavy atom. The molecule has 1 heterocycles. The number of carbonyl (C=O) groups is 2. The highest BCUT2D eigenvalue weighted by molar-refractivity contribution is 7.51. The van der Waals surface area contributed by atoms with E-state index in [9.17, 15) is 14.2 Å². The van der Waals surface area contributed by atoms with Crippen LogP contribution in [0.4, 0.5) is 0 Å². The molecule has 0 saturated carbocycles. The van der Waals surface area contributed by atoms with E-state index in [4.69, 9.17) is 19.3 Å². The van der Waals surface area contributed by atoms with Crippen LogP contribution in [0.2, 0.25) is 0 Å². The molecule has 3 aromatic rings. The highest BCUT2D eigenvalue weighted by atomic mass is 31.2. The van der Waals surface area contributed by atoms with Crippen molar-refractivity contribution in [3.63, 3.8) is 0 Å². The molecular weight excluding hydrogens is 399 g/mol. The van der Waals surface area contributed by atoms with E-state index in [1.807, 2.05) is 30.3 Å². The van der Waals surface area contributed by atoms with Gasteiger partial charge in [-0.15, -0.1) is 0 Å². The average Bonchev–Trinajstić information content (AvgIpc) is 3.01. The fourth-order valence-electron chi connectivity index (χ4n) is 3.00.